The third-order valence-electron chi connectivity index (χ3n) is 2.73. The van der Waals surface area contributed by atoms with Gasteiger partial charge in [-0.25, -0.2) is 4.79 Å². The van der Waals surface area contributed by atoms with E-state index in [9.17, 15) is 9.59 Å². The Balaban J connectivity index is -0.000000322. The van der Waals surface area contributed by atoms with Crippen LogP contribution in [0.5, 0.6) is 0 Å². The molecule has 0 aliphatic carbocycles. The maximum atomic E-state index is 10.8. The minimum Gasteiger partial charge on any atom is -0.354 e. The van der Waals surface area contributed by atoms with E-state index in [4.69, 9.17) is 0 Å². The van der Waals surface area contributed by atoms with E-state index in [1.54, 1.807) is 0 Å². The summed E-state index contributed by atoms with van der Waals surface area (Å²) in [5.41, 5.74) is 0. The summed E-state index contributed by atoms with van der Waals surface area (Å²) in [7, 11) is 0. The smallest absolute Gasteiger partial charge is 0.315 e. The fraction of sp³-hybridized carbons (Fsp3) is 0.905. The molecule has 0 aliphatic rings. The van der Waals surface area contributed by atoms with Crippen LogP contribution < -0.4 is 21.3 Å². The molecule has 0 aliphatic heterocycles. The first-order valence-corrected chi connectivity index (χ1v) is 10.3. The molecule has 0 spiro atoms. The number of carbonyl (C=O) groups is 2. The van der Waals surface area contributed by atoms with Gasteiger partial charge in [0.25, 0.3) is 0 Å². The van der Waals surface area contributed by atoms with Crippen molar-refractivity contribution in [2.24, 2.45) is 11.8 Å². The number of hydrogen-bond acceptors (Lipinski definition) is 3. The quantitative estimate of drug-likeness (QED) is 0.534. The molecule has 6 heteroatoms. The van der Waals surface area contributed by atoms with Crippen molar-refractivity contribution in [3.63, 3.8) is 0 Å². The van der Waals surface area contributed by atoms with E-state index in [0.29, 0.717) is 6.04 Å². The summed E-state index contributed by atoms with van der Waals surface area (Å²) in [6.07, 6.45) is 0. The van der Waals surface area contributed by atoms with Crippen molar-refractivity contribution in [1.82, 2.24) is 21.3 Å². The summed E-state index contributed by atoms with van der Waals surface area (Å²) in [5.74, 6) is 1.01. The van der Waals surface area contributed by atoms with Crippen LogP contribution in [-0.2, 0) is 4.79 Å². The van der Waals surface area contributed by atoms with Crippen molar-refractivity contribution in [3.8, 4) is 0 Å². The number of carbonyl (C=O) groups excluding carboxylic acids is 2. The molecule has 164 valence electrons. The highest BCUT2D eigenvalue weighted by molar-refractivity contribution is 5.78. The lowest BCUT2D eigenvalue weighted by Crippen LogP contribution is -2.42. The first-order valence-electron chi connectivity index (χ1n) is 10.3. The number of rotatable bonds is 7. The number of nitrogens with one attached hydrogen (secondary N) is 4. The van der Waals surface area contributed by atoms with E-state index >= 15 is 0 Å². The molecule has 0 unspecified atom stereocenters. The highest BCUT2D eigenvalue weighted by Gasteiger charge is 2.06. The standard InChI is InChI=1S/C7H16N2O.C7H15NO.C7H17N/c1-5(2)8-7(10)9-6(3)4;1-5(2)7(9)8-6(3)4;1-6(2)5-8-7(3)4/h5-6H,1-4H3,(H2,8,9,10);5-6H,1-4H3,(H,8,9);6-8H,5H2,1-4H3. The van der Waals surface area contributed by atoms with Crippen LogP contribution in [0, 0.1) is 11.8 Å². The predicted octanol–water partition coefficient (Wildman–Crippen LogP) is 3.91. The zero-order chi connectivity index (χ0) is 22.2. The Morgan fingerprint density at radius 2 is 0.963 bits per heavy atom. The van der Waals surface area contributed by atoms with E-state index in [1.165, 1.54) is 0 Å². The van der Waals surface area contributed by atoms with Crippen molar-refractivity contribution in [2.75, 3.05) is 6.54 Å². The molecule has 0 rings (SSSR count). The average molecular weight is 389 g/mol. The molecule has 0 heterocycles. The minimum atomic E-state index is -0.0926. The van der Waals surface area contributed by atoms with E-state index in [2.05, 4.69) is 49.0 Å². The molecular formula is C21H48N4O2. The Kier molecular flexibility index (Phi) is 20.4. The van der Waals surface area contributed by atoms with E-state index in [1.807, 2.05) is 55.4 Å². The summed E-state index contributed by atoms with van der Waals surface area (Å²) < 4.78 is 0. The second kappa shape index (κ2) is 18.1. The third-order valence-corrected chi connectivity index (χ3v) is 2.73. The van der Waals surface area contributed by atoms with Gasteiger partial charge in [-0.05, 0) is 54.0 Å². The highest BCUT2D eigenvalue weighted by Crippen LogP contribution is 1.91. The van der Waals surface area contributed by atoms with Gasteiger partial charge in [0.05, 0.1) is 0 Å². The first kappa shape index (κ1) is 30.4. The average Bonchev–Trinajstić information content (AvgIpc) is 2.43. The monoisotopic (exact) mass is 388 g/mol. The van der Waals surface area contributed by atoms with Gasteiger partial charge in [0.2, 0.25) is 5.91 Å². The molecule has 0 saturated heterocycles. The summed E-state index contributed by atoms with van der Waals surface area (Å²) in [4.78, 5) is 21.7. The van der Waals surface area contributed by atoms with Crippen LogP contribution in [0.1, 0.15) is 83.1 Å². The zero-order valence-electron chi connectivity index (χ0n) is 20.0. The molecule has 0 atom stereocenters. The Labute approximate surface area is 169 Å². The Morgan fingerprint density at radius 1 is 0.593 bits per heavy atom. The molecule has 0 radical (unpaired) electrons. The van der Waals surface area contributed by atoms with Gasteiger partial charge >= 0.3 is 6.03 Å². The molecule has 4 N–H and O–H groups in total. The van der Waals surface area contributed by atoms with Crippen LogP contribution >= 0.6 is 0 Å². The maximum Gasteiger partial charge on any atom is 0.315 e. The fourth-order valence-electron chi connectivity index (χ4n) is 1.49. The topological polar surface area (TPSA) is 82.3 Å². The number of hydrogen-bond donors (Lipinski definition) is 4. The molecule has 6 nitrogen and oxygen atoms in total. The van der Waals surface area contributed by atoms with Gasteiger partial charge < -0.3 is 21.3 Å². The molecule has 0 aromatic rings. The second-order valence-electron chi connectivity index (χ2n) is 8.70. The van der Waals surface area contributed by atoms with Gasteiger partial charge in [0.15, 0.2) is 0 Å². The van der Waals surface area contributed by atoms with Gasteiger partial charge in [-0.1, -0.05) is 41.5 Å². The van der Waals surface area contributed by atoms with Gasteiger partial charge in [-0.15, -0.1) is 0 Å². The van der Waals surface area contributed by atoms with Gasteiger partial charge in [-0.2, -0.15) is 0 Å². The summed E-state index contributed by atoms with van der Waals surface area (Å²) >= 11 is 0. The third kappa shape index (κ3) is 32.8. The maximum absolute atomic E-state index is 10.8. The van der Waals surface area contributed by atoms with Crippen LogP contribution in [0.25, 0.3) is 0 Å². The van der Waals surface area contributed by atoms with Crippen LogP contribution in [-0.4, -0.2) is 42.7 Å². The minimum absolute atomic E-state index is 0.0926. The number of amides is 3. The van der Waals surface area contributed by atoms with Crippen molar-refractivity contribution in [2.45, 2.75) is 107 Å². The summed E-state index contributed by atoms with van der Waals surface area (Å²) in [6, 6.07) is 1.22. The second-order valence-corrected chi connectivity index (χ2v) is 8.70. The molecule has 3 amide bonds. The van der Waals surface area contributed by atoms with E-state index < -0.39 is 0 Å². The van der Waals surface area contributed by atoms with Gasteiger partial charge in [0.1, 0.15) is 0 Å². The van der Waals surface area contributed by atoms with Gasteiger partial charge in [0, 0.05) is 30.1 Å². The SMILES string of the molecule is CC(C)CNC(C)C.CC(C)NC(=O)C(C)C.CC(C)NC(=O)NC(C)C. The molecule has 27 heavy (non-hydrogen) atoms. The van der Waals surface area contributed by atoms with Crippen LogP contribution in [0.3, 0.4) is 0 Å². The lowest BCUT2D eigenvalue weighted by Gasteiger charge is -2.11. The van der Waals surface area contributed by atoms with Crippen molar-refractivity contribution < 1.29 is 9.59 Å². The fourth-order valence-corrected chi connectivity index (χ4v) is 1.49. The highest BCUT2D eigenvalue weighted by atomic mass is 16.2. The van der Waals surface area contributed by atoms with Gasteiger partial charge in [-0.3, -0.25) is 4.79 Å². The molecule has 0 saturated carbocycles. The first-order chi connectivity index (χ1) is 12.2. The van der Waals surface area contributed by atoms with E-state index in [0.717, 1.165) is 12.5 Å². The summed E-state index contributed by atoms with van der Waals surface area (Å²) in [5, 5.41) is 11.6. The zero-order valence-corrected chi connectivity index (χ0v) is 20.0. The lowest BCUT2D eigenvalue weighted by atomic mass is 10.2. The largest absolute Gasteiger partial charge is 0.354 e. The lowest BCUT2D eigenvalue weighted by molar-refractivity contribution is -0.124. The van der Waals surface area contributed by atoms with Crippen LogP contribution in [0.2, 0.25) is 0 Å². The summed E-state index contributed by atoms with van der Waals surface area (Å²) in [6.45, 7) is 25.3. The molecule has 0 aromatic heterocycles. The molecular weight excluding hydrogens is 340 g/mol. The van der Waals surface area contributed by atoms with Crippen molar-refractivity contribution in [1.29, 1.82) is 0 Å². The predicted molar refractivity (Wildman–Crippen MR) is 118 cm³/mol. The molecule has 0 fully saturated rings. The van der Waals surface area contributed by atoms with Crippen molar-refractivity contribution in [3.05, 3.63) is 0 Å². The van der Waals surface area contributed by atoms with Crippen LogP contribution in [0.4, 0.5) is 4.79 Å². The number of urea groups is 1. The van der Waals surface area contributed by atoms with Crippen LogP contribution in [0.15, 0.2) is 0 Å². The van der Waals surface area contributed by atoms with Crippen molar-refractivity contribution >= 4 is 11.9 Å². The van der Waals surface area contributed by atoms with E-state index in [-0.39, 0.29) is 36.0 Å². The Bertz CT molecular complexity index is 345. The Morgan fingerprint density at radius 3 is 1.11 bits per heavy atom. The normalized spacial score (nSPS) is 10.6. The molecule has 0 bridgehead atoms. The Hall–Kier alpha value is -1.30. The molecule has 0 aromatic carbocycles.